The Hall–Kier alpha value is -2.55. The van der Waals surface area contributed by atoms with Crippen molar-refractivity contribution in [2.45, 2.75) is 26.3 Å². The zero-order chi connectivity index (χ0) is 15.4. The van der Waals surface area contributed by atoms with Crippen molar-refractivity contribution >= 4 is 16.8 Å². The molecule has 2 N–H and O–H groups in total. The number of rotatable bonds is 5. The highest BCUT2D eigenvalue weighted by atomic mass is 16.1. The lowest BCUT2D eigenvalue weighted by Crippen LogP contribution is -2.22. The fourth-order valence-electron chi connectivity index (χ4n) is 2.70. The number of aromatic nitrogens is 1. The highest BCUT2D eigenvalue weighted by Crippen LogP contribution is 2.18. The van der Waals surface area contributed by atoms with E-state index in [2.05, 4.69) is 41.5 Å². The van der Waals surface area contributed by atoms with Crippen LogP contribution in [0.2, 0.25) is 0 Å². The molecule has 0 bridgehead atoms. The van der Waals surface area contributed by atoms with Gasteiger partial charge in [-0.05, 0) is 30.5 Å². The van der Waals surface area contributed by atoms with Gasteiger partial charge in [0.25, 0.3) is 0 Å². The molecule has 3 aromatic rings. The van der Waals surface area contributed by atoms with Gasteiger partial charge in [-0.2, -0.15) is 0 Å². The number of H-pyrrole nitrogens is 1. The molecule has 112 valence electrons. The van der Waals surface area contributed by atoms with Gasteiger partial charge < -0.3 is 10.3 Å². The Bertz CT molecular complexity index is 789. The molecule has 0 radical (unpaired) electrons. The summed E-state index contributed by atoms with van der Waals surface area (Å²) >= 11 is 0. The zero-order valence-corrected chi connectivity index (χ0v) is 12.7. The van der Waals surface area contributed by atoms with Crippen molar-refractivity contribution in [2.75, 3.05) is 0 Å². The maximum atomic E-state index is 12.0. The van der Waals surface area contributed by atoms with Gasteiger partial charge in [0.05, 0.1) is 0 Å². The number of aromatic amines is 1. The fourth-order valence-corrected chi connectivity index (χ4v) is 2.70. The van der Waals surface area contributed by atoms with Crippen LogP contribution in [0.4, 0.5) is 0 Å². The predicted octanol–water partition coefficient (Wildman–Crippen LogP) is 3.73. The molecule has 0 fully saturated rings. The van der Waals surface area contributed by atoms with Crippen molar-refractivity contribution in [3.63, 3.8) is 0 Å². The van der Waals surface area contributed by atoms with Crippen LogP contribution in [-0.2, 0) is 17.8 Å². The smallest absolute Gasteiger partial charge is 0.220 e. The monoisotopic (exact) mass is 292 g/mol. The summed E-state index contributed by atoms with van der Waals surface area (Å²) in [5.74, 6) is 0.0896. The summed E-state index contributed by atoms with van der Waals surface area (Å²) < 4.78 is 0. The van der Waals surface area contributed by atoms with Gasteiger partial charge in [-0.1, -0.05) is 48.0 Å². The lowest BCUT2D eigenvalue weighted by Gasteiger charge is -2.06. The van der Waals surface area contributed by atoms with E-state index in [1.807, 2.05) is 30.5 Å². The topological polar surface area (TPSA) is 44.9 Å². The molecule has 0 aliphatic rings. The van der Waals surface area contributed by atoms with Crippen molar-refractivity contribution in [2.24, 2.45) is 0 Å². The number of hydrogen-bond donors (Lipinski definition) is 2. The molecule has 1 heterocycles. The zero-order valence-electron chi connectivity index (χ0n) is 12.7. The molecule has 0 aliphatic heterocycles. The number of para-hydroxylation sites is 1. The third kappa shape index (κ3) is 3.37. The van der Waals surface area contributed by atoms with E-state index in [1.165, 1.54) is 16.5 Å². The average molecular weight is 292 g/mol. The van der Waals surface area contributed by atoms with Crippen LogP contribution in [0.5, 0.6) is 0 Å². The molecule has 1 amide bonds. The van der Waals surface area contributed by atoms with Gasteiger partial charge in [0.1, 0.15) is 0 Å². The van der Waals surface area contributed by atoms with Crippen LogP contribution in [0, 0.1) is 6.92 Å². The second-order valence-electron chi connectivity index (χ2n) is 5.63. The maximum absolute atomic E-state index is 12.0. The number of carbonyl (C=O) groups is 1. The van der Waals surface area contributed by atoms with Crippen LogP contribution < -0.4 is 5.32 Å². The van der Waals surface area contributed by atoms with E-state index < -0.39 is 0 Å². The van der Waals surface area contributed by atoms with Gasteiger partial charge in [0, 0.05) is 30.1 Å². The number of benzene rings is 2. The van der Waals surface area contributed by atoms with Crippen molar-refractivity contribution in [3.05, 3.63) is 71.4 Å². The van der Waals surface area contributed by atoms with Gasteiger partial charge in [0.15, 0.2) is 0 Å². The van der Waals surface area contributed by atoms with Gasteiger partial charge >= 0.3 is 0 Å². The number of aryl methyl sites for hydroxylation is 2. The minimum Gasteiger partial charge on any atom is -0.361 e. The van der Waals surface area contributed by atoms with Gasteiger partial charge in [-0.3, -0.25) is 4.79 Å². The molecule has 0 aliphatic carbocycles. The molecule has 3 heteroatoms. The van der Waals surface area contributed by atoms with E-state index in [4.69, 9.17) is 0 Å². The quantitative estimate of drug-likeness (QED) is 0.739. The predicted molar refractivity (Wildman–Crippen MR) is 89.6 cm³/mol. The van der Waals surface area contributed by atoms with E-state index in [1.54, 1.807) is 0 Å². The minimum atomic E-state index is 0.0896. The Morgan fingerprint density at radius 1 is 1.14 bits per heavy atom. The van der Waals surface area contributed by atoms with Crippen LogP contribution in [0.1, 0.15) is 23.1 Å². The molecule has 0 atom stereocenters. The van der Waals surface area contributed by atoms with Crippen molar-refractivity contribution in [3.8, 4) is 0 Å². The summed E-state index contributed by atoms with van der Waals surface area (Å²) in [5, 5.41) is 4.19. The third-order valence-corrected chi connectivity index (χ3v) is 3.87. The second kappa shape index (κ2) is 6.48. The summed E-state index contributed by atoms with van der Waals surface area (Å²) in [7, 11) is 0. The van der Waals surface area contributed by atoms with Gasteiger partial charge in [-0.15, -0.1) is 0 Å². The first-order valence-corrected chi connectivity index (χ1v) is 7.59. The van der Waals surface area contributed by atoms with Crippen molar-refractivity contribution < 1.29 is 4.79 Å². The Balaban J connectivity index is 1.54. The van der Waals surface area contributed by atoms with Crippen LogP contribution >= 0.6 is 0 Å². The lowest BCUT2D eigenvalue weighted by atomic mass is 10.1. The van der Waals surface area contributed by atoms with E-state index in [0.29, 0.717) is 13.0 Å². The summed E-state index contributed by atoms with van der Waals surface area (Å²) in [6, 6.07) is 16.4. The van der Waals surface area contributed by atoms with E-state index >= 15 is 0 Å². The maximum Gasteiger partial charge on any atom is 0.220 e. The van der Waals surface area contributed by atoms with Crippen LogP contribution in [0.25, 0.3) is 10.9 Å². The van der Waals surface area contributed by atoms with Crippen LogP contribution in [0.3, 0.4) is 0 Å². The molecular weight excluding hydrogens is 272 g/mol. The Morgan fingerprint density at radius 2 is 2.00 bits per heavy atom. The van der Waals surface area contributed by atoms with Gasteiger partial charge in [-0.25, -0.2) is 0 Å². The molecule has 0 spiro atoms. The first kappa shape index (κ1) is 14.4. The lowest BCUT2D eigenvalue weighted by molar-refractivity contribution is -0.121. The molecule has 2 aromatic carbocycles. The van der Waals surface area contributed by atoms with E-state index in [-0.39, 0.29) is 5.91 Å². The minimum absolute atomic E-state index is 0.0896. The second-order valence-corrected chi connectivity index (χ2v) is 5.63. The van der Waals surface area contributed by atoms with Crippen LogP contribution in [0.15, 0.2) is 54.7 Å². The molecule has 3 rings (SSSR count). The molecule has 3 nitrogen and oxygen atoms in total. The Labute approximate surface area is 130 Å². The molecule has 1 aromatic heterocycles. The number of amides is 1. The van der Waals surface area contributed by atoms with E-state index in [9.17, 15) is 4.79 Å². The number of hydrogen-bond acceptors (Lipinski definition) is 1. The Kier molecular flexibility index (Phi) is 4.24. The summed E-state index contributed by atoms with van der Waals surface area (Å²) in [6.07, 6.45) is 3.26. The third-order valence-electron chi connectivity index (χ3n) is 3.87. The van der Waals surface area contributed by atoms with Crippen molar-refractivity contribution in [1.29, 1.82) is 0 Å². The fraction of sp³-hybridized carbons (Fsp3) is 0.211. The molecule has 0 unspecified atom stereocenters. The highest BCUT2D eigenvalue weighted by molar-refractivity contribution is 5.84. The van der Waals surface area contributed by atoms with Gasteiger partial charge in [0.2, 0.25) is 5.91 Å². The van der Waals surface area contributed by atoms with E-state index in [0.717, 1.165) is 17.5 Å². The normalized spacial score (nSPS) is 10.8. The molecule has 0 saturated heterocycles. The standard InChI is InChI=1S/C19H20N2O/c1-14-5-4-6-15(11-14)12-21-19(22)10-9-16-13-20-18-8-3-2-7-17(16)18/h2-8,11,13,20H,9-10,12H2,1H3,(H,21,22). The Morgan fingerprint density at radius 3 is 2.86 bits per heavy atom. The number of carbonyl (C=O) groups excluding carboxylic acids is 1. The summed E-state index contributed by atoms with van der Waals surface area (Å²) in [5.41, 5.74) is 4.67. The van der Waals surface area contributed by atoms with Crippen molar-refractivity contribution in [1.82, 2.24) is 10.3 Å². The summed E-state index contributed by atoms with van der Waals surface area (Å²) in [4.78, 5) is 15.3. The molecular formula is C19H20N2O. The highest BCUT2D eigenvalue weighted by Gasteiger charge is 2.06. The molecule has 0 saturated carbocycles. The molecule has 22 heavy (non-hydrogen) atoms. The van der Waals surface area contributed by atoms with Crippen LogP contribution in [-0.4, -0.2) is 10.9 Å². The largest absolute Gasteiger partial charge is 0.361 e. The first-order valence-electron chi connectivity index (χ1n) is 7.59. The summed E-state index contributed by atoms with van der Waals surface area (Å²) in [6.45, 7) is 2.65. The first-order chi connectivity index (χ1) is 10.7. The number of nitrogens with one attached hydrogen (secondary N) is 2. The SMILES string of the molecule is Cc1cccc(CNC(=O)CCc2c[nH]c3ccccc23)c1. The average Bonchev–Trinajstić information content (AvgIpc) is 2.94. The number of fused-ring (bicyclic) bond motifs is 1.